The maximum Gasteiger partial charge on any atom is 0.246 e. The number of benzene rings is 1. The molecule has 1 N–H and O–H groups in total. The number of hydrogen-bond donors (Lipinski definition) is 1. The molecule has 0 saturated carbocycles. The summed E-state index contributed by atoms with van der Waals surface area (Å²) in [6, 6.07) is 10.1. The second kappa shape index (κ2) is 5.88. The molecule has 1 aromatic heterocycles. The average Bonchev–Trinajstić information content (AvgIpc) is 2.83. The Morgan fingerprint density at radius 1 is 1.27 bits per heavy atom. The highest BCUT2D eigenvalue weighted by Crippen LogP contribution is 2.40. The molecule has 1 amide bonds. The van der Waals surface area contributed by atoms with E-state index in [4.69, 9.17) is 0 Å². The van der Waals surface area contributed by atoms with Crippen LogP contribution >= 0.6 is 11.8 Å². The number of aliphatic imine (C=N–C) groups is 1. The van der Waals surface area contributed by atoms with Crippen molar-refractivity contribution >= 4 is 22.8 Å². The van der Waals surface area contributed by atoms with E-state index in [9.17, 15) is 9.18 Å². The minimum absolute atomic E-state index is 0.129. The third-order valence-corrected chi connectivity index (χ3v) is 4.79. The molecule has 0 aliphatic carbocycles. The Kier molecular flexibility index (Phi) is 3.94. The van der Waals surface area contributed by atoms with E-state index in [2.05, 4.69) is 15.3 Å². The third-order valence-electron chi connectivity index (χ3n) is 3.54. The predicted molar refractivity (Wildman–Crippen MR) is 84.9 cm³/mol. The van der Waals surface area contributed by atoms with Gasteiger partial charge in [-0.2, -0.15) is 0 Å². The number of carbonyl (C=O) groups is 1. The molecule has 1 aliphatic rings. The van der Waals surface area contributed by atoms with Gasteiger partial charge in [-0.3, -0.25) is 14.8 Å². The number of thioether (sulfide) groups is 1. The summed E-state index contributed by atoms with van der Waals surface area (Å²) in [5.41, 5.74) is 1.36. The molecule has 1 saturated heterocycles. The van der Waals surface area contributed by atoms with Crippen LogP contribution in [-0.2, 0) is 16.1 Å². The number of halogens is 1. The van der Waals surface area contributed by atoms with Gasteiger partial charge in [0.05, 0.1) is 6.54 Å². The van der Waals surface area contributed by atoms with Crippen LogP contribution in [0, 0.1) is 5.82 Å². The molecule has 2 aromatic rings. The van der Waals surface area contributed by atoms with Gasteiger partial charge in [0, 0.05) is 18.0 Å². The normalized spacial score (nSPS) is 22.8. The molecule has 0 bridgehead atoms. The van der Waals surface area contributed by atoms with Gasteiger partial charge in [-0.25, -0.2) is 4.39 Å². The highest BCUT2D eigenvalue weighted by atomic mass is 32.2. The molecule has 1 aliphatic heterocycles. The van der Waals surface area contributed by atoms with Crippen molar-refractivity contribution in [3.05, 3.63) is 65.7 Å². The number of hydrogen-bond acceptors (Lipinski definition) is 4. The van der Waals surface area contributed by atoms with E-state index in [0.717, 1.165) is 5.56 Å². The summed E-state index contributed by atoms with van der Waals surface area (Å²) in [5, 5.41) is 3.27. The minimum Gasteiger partial charge on any atom is -0.304 e. The molecule has 1 atom stereocenters. The fourth-order valence-corrected chi connectivity index (χ4v) is 3.25. The Morgan fingerprint density at radius 2 is 2.00 bits per heavy atom. The van der Waals surface area contributed by atoms with Crippen LogP contribution < -0.4 is 5.32 Å². The summed E-state index contributed by atoms with van der Waals surface area (Å²) in [7, 11) is 0. The summed E-state index contributed by atoms with van der Waals surface area (Å²) >= 11 is 1.34. The number of carbonyl (C=O) groups excluding carboxylic acids is 1. The highest BCUT2D eigenvalue weighted by Gasteiger charge is 2.43. The Bertz CT molecular complexity index is 735. The van der Waals surface area contributed by atoms with Crippen molar-refractivity contribution in [2.45, 2.75) is 18.2 Å². The first-order valence-electron chi connectivity index (χ1n) is 6.78. The summed E-state index contributed by atoms with van der Waals surface area (Å²) in [5.74, 6) is -0.422. The molecule has 22 heavy (non-hydrogen) atoms. The summed E-state index contributed by atoms with van der Waals surface area (Å²) < 4.78 is 12.8. The first-order valence-corrected chi connectivity index (χ1v) is 7.60. The number of amidine groups is 1. The molecule has 1 fully saturated rings. The van der Waals surface area contributed by atoms with Gasteiger partial charge in [0.15, 0.2) is 5.17 Å². The van der Waals surface area contributed by atoms with Crippen LogP contribution in [-0.4, -0.2) is 16.1 Å². The Hall–Kier alpha value is -2.21. The molecule has 6 heteroatoms. The van der Waals surface area contributed by atoms with Gasteiger partial charge in [-0.05, 0) is 30.7 Å². The second-order valence-corrected chi connectivity index (χ2v) is 6.45. The topological polar surface area (TPSA) is 54.4 Å². The van der Waals surface area contributed by atoms with Gasteiger partial charge in [0.25, 0.3) is 0 Å². The molecule has 4 nitrogen and oxygen atoms in total. The summed E-state index contributed by atoms with van der Waals surface area (Å²) in [6.07, 6.45) is 3.31. The molecule has 2 heterocycles. The van der Waals surface area contributed by atoms with Crippen LogP contribution in [0.1, 0.15) is 18.1 Å². The van der Waals surface area contributed by atoms with Gasteiger partial charge < -0.3 is 5.32 Å². The predicted octanol–water partition coefficient (Wildman–Crippen LogP) is 2.86. The van der Waals surface area contributed by atoms with E-state index in [1.54, 1.807) is 30.6 Å². The quantitative estimate of drug-likeness (QED) is 0.947. The number of rotatable bonds is 3. The lowest BCUT2D eigenvalue weighted by Gasteiger charge is -2.18. The van der Waals surface area contributed by atoms with Gasteiger partial charge in [0.2, 0.25) is 5.91 Å². The number of nitrogens with zero attached hydrogens (tertiary/aromatic N) is 2. The van der Waals surface area contributed by atoms with E-state index in [1.807, 2.05) is 19.1 Å². The number of aromatic nitrogens is 1. The smallest absolute Gasteiger partial charge is 0.246 e. The second-order valence-electron chi connectivity index (χ2n) is 5.04. The molecule has 1 unspecified atom stereocenters. The zero-order valence-corrected chi connectivity index (χ0v) is 12.7. The molecule has 112 valence electrons. The Balaban J connectivity index is 1.80. The standard InChI is InChI=1S/C16H14FN3OS/c1-16(12-6-8-18-9-7-12)14(21)20-15(22-16)19-10-11-4-2-3-5-13(11)17/h2-9H,10H2,1H3,(H,19,20,21). The van der Waals surface area contributed by atoms with Crippen LogP contribution in [0.3, 0.4) is 0 Å². The van der Waals surface area contributed by atoms with Crippen molar-refractivity contribution in [3.63, 3.8) is 0 Å². The first kappa shape index (κ1) is 14.7. The van der Waals surface area contributed by atoms with E-state index < -0.39 is 4.75 Å². The monoisotopic (exact) mass is 315 g/mol. The molecular weight excluding hydrogens is 301 g/mol. The lowest BCUT2D eigenvalue weighted by Crippen LogP contribution is -2.31. The number of amides is 1. The van der Waals surface area contributed by atoms with Crippen LogP contribution in [0.4, 0.5) is 4.39 Å². The van der Waals surface area contributed by atoms with Crippen molar-refractivity contribution in [1.82, 2.24) is 10.3 Å². The van der Waals surface area contributed by atoms with Crippen LogP contribution in [0.5, 0.6) is 0 Å². The summed E-state index contributed by atoms with van der Waals surface area (Å²) in [6.45, 7) is 2.04. The van der Waals surface area contributed by atoms with Gasteiger partial charge in [-0.15, -0.1) is 0 Å². The number of nitrogens with one attached hydrogen (secondary N) is 1. The van der Waals surface area contributed by atoms with E-state index >= 15 is 0 Å². The average molecular weight is 315 g/mol. The lowest BCUT2D eigenvalue weighted by molar-refractivity contribution is -0.121. The Labute approximate surface area is 131 Å². The first-order chi connectivity index (χ1) is 10.6. The largest absolute Gasteiger partial charge is 0.304 e. The van der Waals surface area contributed by atoms with Crippen LogP contribution in [0.15, 0.2) is 53.8 Å². The Morgan fingerprint density at radius 3 is 2.73 bits per heavy atom. The molecule has 0 spiro atoms. The maximum atomic E-state index is 13.6. The zero-order chi connectivity index (χ0) is 15.6. The van der Waals surface area contributed by atoms with Crippen molar-refractivity contribution in [2.75, 3.05) is 0 Å². The van der Waals surface area contributed by atoms with Gasteiger partial charge in [0.1, 0.15) is 10.6 Å². The lowest BCUT2D eigenvalue weighted by atomic mass is 10.0. The highest BCUT2D eigenvalue weighted by molar-refractivity contribution is 8.15. The molecule has 1 aromatic carbocycles. The molecular formula is C16H14FN3OS. The minimum atomic E-state index is -0.739. The number of pyridine rings is 1. The van der Waals surface area contributed by atoms with Crippen LogP contribution in [0.25, 0.3) is 0 Å². The van der Waals surface area contributed by atoms with Crippen molar-refractivity contribution in [3.8, 4) is 0 Å². The van der Waals surface area contributed by atoms with Crippen molar-refractivity contribution < 1.29 is 9.18 Å². The third kappa shape index (κ3) is 2.74. The fourth-order valence-electron chi connectivity index (χ4n) is 2.20. The van der Waals surface area contributed by atoms with Gasteiger partial charge in [-0.1, -0.05) is 30.0 Å². The van der Waals surface area contributed by atoms with Crippen molar-refractivity contribution in [2.24, 2.45) is 4.99 Å². The van der Waals surface area contributed by atoms with Crippen molar-refractivity contribution in [1.29, 1.82) is 0 Å². The fraction of sp³-hybridized carbons (Fsp3) is 0.188. The van der Waals surface area contributed by atoms with E-state index in [-0.39, 0.29) is 18.3 Å². The van der Waals surface area contributed by atoms with E-state index in [0.29, 0.717) is 10.7 Å². The van der Waals surface area contributed by atoms with Gasteiger partial charge >= 0.3 is 0 Å². The summed E-state index contributed by atoms with van der Waals surface area (Å²) in [4.78, 5) is 20.6. The maximum absolute atomic E-state index is 13.6. The van der Waals surface area contributed by atoms with Crippen LogP contribution in [0.2, 0.25) is 0 Å². The molecule has 0 radical (unpaired) electrons. The molecule has 3 rings (SSSR count). The van der Waals surface area contributed by atoms with E-state index in [1.165, 1.54) is 17.8 Å². The SMILES string of the molecule is CC1(c2ccncc2)SC(=NCc2ccccc2F)NC1=O. The zero-order valence-electron chi connectivity index (χ0n) is 11.9.